The number of methoxy groups -OCH3 is 1. The smallest absolute Gasteiger partial charge is 0.320 e. The van der Waals surface area contributed by atoms with Crippen LogP contribution in [-0.4, -0.2) is 54.7 Å². The minimum Gasteiger partial charge on any atom is -0.461 e. The lowest BCUT2D eigenvalue weighted by atomic mass is 10.0. The molecular formula is C50H75N5O3. The molecular weight excluding hydrogens is 719 g/mol. The number of ether oxygens (including phenoxy) is 2. The zero-order valence-corrected chi connectivity index (χ0v) is 37.6. The van der Waals surface area contributed by atoms with Gasteiger partial charge < -0.3 is 20.1 Å². The number of benzene rings is 1. The van der Waals surface area contributed by atoms with Gasteiger partial charge in [-0.05, 0) is 150 Å². The van der Waals surface area contributed by atoms with Crippen LogP contribution in [0, 0.1) is 0 Å². The van der Waals surface area contributed by atoms with Gasteiger partial charge in [0.1, 0.15) is 18.2 Å². The number of carbonyl (C=O) groups excluding carboxylic acids is 1. The van der Waals surface area contributed by atoms with Gasteiger partial charge in [-0.15, -0.1) is 0 Å². The molecule has 0 fully saturated rings. The second-order valence-corrected chi connectivity index (χ2v) is 16.6. The summed E-state index contributed by atoms with van der Waals surface area (Å²) in [5, 5.41) is 0. The molecule has 1 aliphatic rings. The van der Waals surface area contributed by atoms with Crippen molar-refractivity contribution in [3.8, 4) is 6.01 Å². The number of fused-ring (bicyclic) bond motifs is 1. The molecule has 1 aliphatic heterocycles. The van der Waals surface area contributed by atoms with Crippen LogP contribution in [0.3, 0.4) is 0 Å². The van der Waals surface area contributed by atoms with Crippen molar-refractivity contribution in [3.05, 3.63) is 111 Å². The second-order valence-electron chi connectivity index (χ2n) is 16.6. The molecule has 2 aromatic rings. The number of hydrogen-bond acceptors (Lipinski definition) is 7. The maximum atomic E-state index is 12.9. The Bertz CT molecular complexity index is 1760. The zero-order valence-electron chi connectivity index (χ0n) is 37.6. The molecule has 0 atom stereocenters. The first-order valence-corrected chi connectivity index (χ1v) is 21.6. The molecule has 8 nitrogen and oxygen atoms in total. The van der Waals surface area contributed by atoms with Crippen LogP contribution in [-0.2, 0) is 29.0 Å². The summed E-state index contributed by atoms with van der Waals surface area (Å²) in [6.07, 6.45) is 28.4. The van der Waals surface area contributed by atoms with Crippen LogP contribution < -0.4 is 15.4 Å². The largest absolute Gasteiger partial charge is 0.461 e. The molecule has 0 radical (unpaired) electrons. The van der Waals surface area contributed by atoms with Gasteiger partial charge in [0.2, 0.25) is 5.91 Å². The Labute approximate surface area is 352 Å². The van der Waals surface area contributed by atoms with Crippen LogP contribution in [0.1, 0.15) is 142 Å². The molecule has 0 aliphatic carbocycles. The van der Waals surface area contributed by atoms with E-state index in [4.69, 9.17) is 15.2 Å². The minimum atomic E-state index is -0.0423. The number of allylic oxidation sites excluding steroid dienone is 12. The standard InChI is InChI=1S/C50H75N5O3/c1-38(2)17-12-20-41(5)23-13-21-39(3)18-10-11-19-40(4)22-14-24-42(6)25-15-26-43(7)27-16-32-54(8)36-44-28-30-45(31-29-44)37-55-47(56)35-46-48(51)52-50(53-49(46)55)58-34-33-57-9/h17-19,23-24,26,28-31H,10-16,20-22,25,27,32-37H2,1-9H3,(H2,51,52,53)/b39-18+,40-19+,41-23+,42-24+,43-26+. The third-order valence-electron chi connectivity index (χ3n) is 10.7. The topological polar surface area (TPSA) is 93.8 Å². The van der Waals surface area contributed by atoms with Gasteiger partial charge >= 0.3 is 6.01 Å². The van der Waals surface area contributed by atoms with Crippen molar-refractivity contribution in [2.24, 2.45) is 0 Å². The zero-order chi connectivity index (χ0) is 42.3. The summed E-state index contributed by atoms with van der Waals surface area (Å²) in [6.45, 7) is 18.8. The number of rotatable bonds is 27. The van der Waals surface area contributed by atoms with E-state index in [0.29, 0.717) is 31.1 Å². The van der Waals surface area contributed by atoms with Crippen molar-refractivity contribution < 1.29 is 14.3 Å². The van der Waals surface area contributed by atoms with E-state index in [0.717, 1.165) is 82.9 Å². The maximum Gasteiger partial charge on any atom is 0.320 e. The first-order chi connectivity index (χ1) is 27.8. The van der Waals surface area contributed by atoms with Gasteiger partial charge in [0.25, 0.3) is 0 Å². The van der Waals surface area contributed by atoms with Crippen molar-refractivity contribution in [1.82, 2.24) is 14.9 Å². The lowest BCUT2D eigenvalue weighted by Crippen LogP contribution is -2.26. The number of nitrogens with zero attached hydrogens (tertiary/aromatic N) is 4. The van der Waals surface area contributed by atoms with E-state index in [2.05, 4.69) is 131 Å². The lowest BCUT2D eigenvalue weighted by Gasteiger charge is -2.19. The summed E-state index contributed by atoms with van der Waals surface area (Å²) in [4.78, 5) is 25.7. The maximum absolute atomic E-state index is 12.9. The van der Waals surface area contributed by atoms with E-state index in [9.17, 15) is 4.79 Å². The van der Waals surface area contributed by atoms with Crippen LogP contribution in [0.2, 0.25) is 0 Å². The van der Waals surface area contributed by atoms with Crippen LogP contribution >= 0.6 is 0 Å². The first kappa shape index (κ1) is 48.1. The number of carbonyl (C=O) groups is 1. The Morgan fingerprint density at radius 1 is 0.707 bits per heavy atom. The van der Waals surface area contributed by atoms with Crippen LogP contribution in [0.15, 0.2) is 94.2 Å². The van der Waals surface area contributed by atoms with Gasteiger partial charge in [-0.25, -0.2) is 0 Å². The Morgan fingerprint density at radius 3 is 1.74 bits per heavy atom. The van der Waals surface area contributed by atoms with Crippen molar-refractivity contribution in [2.75, 3.05) is 44.5 Å². The average Bonchev–Trinajstić information content (AvgIpc) is 3.48. The molecule has 0 unspecified atom stereocenters. The van der Waals surface area contributed by atoms with Gasteiger partial charge in [-0.1, -0.05) is 94.2 Å². The summed E-state index contributed by atoms with van der Waals surface area (Å²) in [5.41, 5.74) is 18.0. The Kier molecular flexibility index (Phi) is 22.1. The molecule has 2 heterocycles. The summed E-state index contributed by atoms with van der Waals surface area (Å²) < 4.78 is 10.6. The average molecular weight is 794 g/mol. The van der Waals surface area contributed by atoms with Crippen molar-refractivity contribution >= 4 is 17.5 Å². The molecule has 1 aromatic heterocycles. The van der Waals surface area contributed by atoms with E-state index >= 15 is 0 Å². The molecule has 58 heavy (non-hydrogen) atoms. The van der Waals surface area contributed by atoms with Gasteiger partial charge in [-0.3, -0.25) is 9.69 Å². The van der Waals surface area contributed by atoms with Crippen LogP contribution in [0.5, 0.6) is 6.01 Å². The van der Waals surface area contributed by atoms with Gasteiger partial charge in [0, 0.05) is 19.2 Å². The lowest BCUT2D eigenvalue weighted by molar-refractivity contribution is -0.117. The third-order valence-corrected chi connectivity index (χ3v) is 10.7. The Morgan fingerprint density at radius 2 is 1.21 bits per heavy atom. The highest BCUT2D eigenvalue weighted by Gasteiger charge is 2.32. The number of nitrogens with two attached hydrogens (primary N) is 1. The summed E-state index contributed by atoms with van der Waals surface area (Å²) >= 11 is 0. The van der Waals surface area contributed by atoms with E-state index in [1.54, 1.807) is 12.0 Å². The fourth-order valence-electron chi connectivity index (χ4n) is 7.02. The molecule has 8 heteroatoms. The Balaban J connectivity index is 1.29. The number of nitrogen functional groups attached to an aromatic ring is 1. The van der Waals surface area contributed by atoms with Crippen LogP contribution in [0.4, 0.5) is 11.6 Å². The van der Waals surface area contributed by atoms with E-state index in [-0.39, 0.29) is 24.2 Å². The molecule has 2 N–H and O–H groups in total. The first-order valence-electron chi connectivity index (χ1n) is 21.6. The monoisotopic (exact) mass is 794 g/mol. The fraction of sp³-hybridized carbons (Fsp3) is 0.540. The number of hydrogen-bond donors (Lipinski definition) is 1. The fourth-order valence-corrected chi connectivity index (χ4v) is 7.02. The minimum absolute atomic E-state index is 0.0423. The van der Waals surface area contributed by atoms with E-state index < -0.39 is 0 Å². The molecule has 3 rings (SSSR count). The third kappa shape index (κ3) is 19.0. The molecule has 0 saturated carbocycles. The molecule has 318 valence electrons. The predicted octanol–water partition coefficient (Wildman–Crippen LogP) is 12.0. The number of unbranched alkanes of at least 4 members (excludes halogenated alkanes) is 1. The summed E-state index contributed by atoms with van der Waals surface area (Å²) in [5.74, 6) is 0.767. The highest BCUT2D eigenvalue weighted by molar-refractivity contribution is 6.01. The highest BCUT2D eigenvalue weighted by atomic mass is 16.5. The molecule has 1 aromatic carbocycles. The van der Waals surface area contributed by atoms with Crippen LogP contribution in [0.25, 0.3) is 0 Å². The SMILES string of the molecule is COCCOc1nc(N)c2c(n1)N(Cc1ccc(CN(C)CCC/C(C)=C/CC/C(C)=C/CC/C(C)=C/CC/C=C(\C)CC/C=C(\C)CCC=C(C)C)cc1)C(=O)C2. The van der Waals surface area contributed by atoms with E-state index in [1.165, 1.54) is 51.8 Å². The van der Waals surface area contributed by atoms with Gasteiger partial charge in [-0.2, -0.15) is 9.97 Å². The number of amides is 1. The normalized spacial score (nSPS) is 14.1. The highest BCUT2D eigenvalue weighted by Crippen LogP contribution is 2.33. The number of anilines is 2. The van der Waals surface area contributed by atoms with Gasteiger partial charge in [0.15, 0.2) is 0 Å². The van der Waals surface area contributed by atoms with E-state index in [1.807, 2.05) is 0 Å². The summed E-state index contributed by atoms with van der Waals surface area (Å²) in [7, 11) is 3.79. The van der Waals surface area contributed by atoms with Crippen molar-refractivity contribution in [3.63, 3.8) is 0 Å². The second kappa shape index (κ2) is 26.7. The molecule has 0 bridgehead atoms. The Hall–Kier alpha value is -4.27. The summed E-state index contributed by atoms with van der Waals surface area (Å²) in [6, 6.07) is 8.64. The number of aromatic nitrogens is 2. The predicted molar refractivity (Wildman–Crippen MR) is 245 cm³/mol. The molecule has 0 saturated heterocycles. The van der Waals surface area contributed by atoms with Gasteiger partial charge in [0.05, 0.1) is 19.6 Å². The molecule has 0 spiro atoms. The van der Waals surface area contributed by atoms with Crippen molar-refractivity contribution in [2.45, 2.75) is 145 Å². The van der Waals surface area contributed by atoms with Crippen molar-refractivity contribution in [1.29, 1.82) is 0 Å². The quantitative estimate of drug-likeness (QED) is 0.0711. The molecule has 1 amide bonds.